The Morgan fingerprint density at radius 1 is 1.18 bits per heavy atom. The van der Waals surface area contributed by atoms with Crippen LogP contribution in [0, 0.1) is 5.82 Å². The smallest absolute Gasteiger partial charge is 0.303 e. The maximum absolute atomic E-state index is 12.9. The second kappa shape index (κ2) is 6.89. The van der Waals surface area contributed by atoms with Crippen LogP contribution in [-0.4, -0.2) is 35.5 Å². The Bertz CT molecular complexity index is 663. The fraction of sp³-hybridized carbons (Fsp3) is 0.250. The lowest BCUT2D eigenvalue weighted by Crippen LogP contribution is -2.27. The van der Waals surface area contributed by atoms with Crippen LogP contribution in [0.2, 0.25) is 0 Å². The number of carbonyl (C=O) groups is 2. The Labute approximate surface area is 127 Å². The first-order valence-corrected chi connectivity index (χ1v) is 6.80. The highest BCUT2D eigenvalue weighted by atomic mass is 19.1. The first-order valence-electron chi connectivity index (χ1n) is 6.80. The van der Waals surface area contributed by atoms with Crippen molar-refractivity contribution in [1.29, 1.82) is 0 Å². The van der Waals surface area contributed by atoms with Crippen molar-refractivity contribution in [2.24, 2.45) is 0 Å². The van der Waals surface area contributed by atoms with E-state index in [1.165, 1.54) is 17.0 Å². The number of amides is 1. The van der Waals surface area contributed by atoms with Crippen LogP contribution in [-0.2, 0) is 4.79 Å². The minimum atomic E-state index is -0.891. The quantitative estimate of drug-likeness (QED) is 0.890. The molecule has 2 rings (SSSR count). The van der Waals surface area contributed by atoms with Crippen LogP contribution < -0.4 is 0 Å². The summed E-state index contributed by atoms with van der Waals surface area (Å²) < 4.78 is 18.4. The largest absolute Gasteiger partial charge is 0.481 e. The molecule has 6 heteroatoms. The molecule has 5 nitrogen and oxygen atoms in total. The van der Waals surface area contributed by atoms with E-state index in [1.807, 2.05) is 0 Å². The molecule has 0 saturated heterocycles. The van der Waals surface area contributed by atoms with Gasteiger partial charge >= 0.3 is 5.97 Å². The van der Waals surface area contributed by atoms with Gasteiger partial charge in [0.1, 0.15) is 11.6 Å². The van der Waals surface area contributed by atoms with Gasteiger partial charge in [-0.15, -0.1) is 0 Å². The van der Waals surface area contributed by atoms with Crippen molar-refractivity contribution in [3.05, 3.63) is 48.0 Å². The van der Waals surface area contributed by atoms with Gasteiger partial charge in [-0.05, 0) is 42.8 Å². The third-order valence-corrected chi connectivity index (χ3v) is 3.18. The standard InChI is InChI=1S/C16H16FNO4/c1-18(10-2-3-15(19)20)16(21)14-9-8-13(22-14)11-4-6-12(17)7-5-11/h4-9H,2-3,10H2,1H3,(H,19,20). The monoisotopic (exact) mass is 305 g/mol. The topological polar surface area (TPSA) is 70.8 Å². The summed E-state index contributed by atoms with van der Waals surface area (Å²) in [5, 5.41) is 8.58. The summed E-state index contributed by atoms with van der Waals surface area (Å²) in [4.78, 5) is 24.0. The number of nitrogens with zero attached hydrogens (tertiary/aromatic N) is 1. The van der Waals surface area contributed by atoms with E-state index in [0.29, 0.717) is 24.3 Å². The van der Waals surface area contributed by atoms with Crippen molar-refractivity contribution < 1.29 is 23.5 Å². The van der Waals surface area contributed by atoms with Crippen molar-refractivity contribution in [3.63, 3.8) is 0 Å². The summed E-state index contributed by atoms with van der Waals surface area (Å²) >= 11 is 0. The van der Waals surface area contributed by atoms with Crippen molar-refractivity contribution in [2.45, 2.75) is 12.8 Å². The van der Waals surface area contributed by atoms with Gasteiger partial charge in [0, 0.05) is 25.6 Å². The van der Waals surface area contributed by atoms with Crippen LogP contribution in [0.15, 0.2) is 40.8 Å². The molecule has 1 N–H and O–H groups in total. The summed E-state index contributed by atoms with van der Waals surface area (Å²) in [7, 11) is 1.59. The van der Waals surface area contributed by atoms with Crippen LogP contribution in [0.1, 0.15) is 23.4 Å². The third-order valence-electron chi connectivity index (χ3n) is 3.18. The molecule has 0 aliphatic rings. The Morgan fingerprint density at radius 2 is 1.86 bits per heavy atom. The molecule has 1 aromatic carbocycles. The molecule has 0 bridgehead atoms. The molecule has 0 atom stereocenters. The zero-order valence-corrected chi connectivity index (χ0v) is 12.1. The number of hydrogen-bond acceptors (Lipinski definition) is 3. The fourth-order valence-electron chi connectivity index (χ4n) is 1.98. The van der Waals surface area contributed by atoms with Gasteiger partial charge in [-0.25, -0.2) is 4.39 Å². The fourth-order valence-corrected chi connectivity index (χ4v) is 1.98. The summed E-state index contributed by atoms with van der Waals surface area (Å²) in [6.45, 7) is 0.331. The van der Waals surface area contributed by atoms with Crippen LogP contribution in [0.3, 0.4) is 0 Å². The molecule has 22 heavy (non-hydrogen) atoms. The highest BCUT2D eigenvalue weighted by Crippen LogP contribution is 2.23. The summed E-state index contributed by atoms with van der Waals surface area (Å²) in [6, 6.07) is 8.97. The van der Waals surface area contributed by atoms with E-state index in [1.54, 1.807) is 31.3 Å². The normalized spacial score (nSPS) is 10.5. The average molecular weight is 305 g/mol. The van der Waals surface area contributed by atoms with Crippen molar-refractivity contribution in [1.82, 2.24) is 4.90 Å². The predicted octanol–water partition coefficient (Wildman–Crippen LogP) is 3.02. The molecule has 0 unspecified atom stereocenters. The lowest BCUT2D eigenvalue weighted by atomic mass is 10.2. The highest BCUT2D eigenvalue weighted by Gasteiger charge is 2.16. The first kappa shape index (κ1) is 15.8. The number of carbonyl (C=O) groups excluding carboxylic acids is 1. The number of aliphatic carboxylic acids is 1. The molecule has 0 aliphatic heterocycles. The number of carboxylic acid groups (broad SMARTS) is 1. The van der Waals surface area contributed by atoms with Crippen LogP contribution in [0.4, 0.5) is 4.39 Å². The molecule has 1 aromatic heterocycles. The van der Waals surface area contributed by atoms with E-state index < -0.39 is 5.97 Å². The molecule has 1 heterocycles. The maximum Gasteiger partial charge on any atom is 0.303 e. The number of hydrogen-bond donors (Lipinski definition) is 1. The molecule has 116 valence electrons. The minimum absolute atomic E-state index is 0.0105. The summed E-state index contributed by atoms with van der Waals surface area (Å²) in [5.41, 5.74) is 0.675. The SMILES string of the molecule is CN(CCCC(=O)O)C(=O)c1ccc(-c2ccc(F)cc2)o1. The average Bonchev–Trinajstić information content (AvgIpc) is 2.96. The van der Waals surface area contributed by atoms with E-state index in [2.05, 4.69) is 0 Å². The van der Waals surface area contributed by atoms with Crippen molar-refractivity contribution in [3.8, 4) is 11.3 Å². The van der Waals surface area contributed by atoms with Gasteiger partial charge in [0.05, 0.1) is 0 Å². The molecular weight excluding hydrogens is 289 g/mol. The lowest BCUT2D eigenvalue weighted by Gasteiger charge is -2.14. The highest BCUT2D eigenvalue weighted by molar-refractivity contribution is 5.92. The van der Waals surface area contributed by atoms with Gasteiger partial charge in [0.2, 0.25) is 0 Å². The van der Waals surface area contributed by atoms with Crippen LogP contribution >= 0.6 is 0 Å². The third kappa shape index (κ3) is 3.94. The number of halogens is 1. The predicted molar refractivity (Wildman–Crippen MR) is 77.9 cm³/mol. The Kier molecular flexibility index (Phi) is 4.93. The Hall–Kier alpha value is -2.63. The van der Waals surface area contributed by atoms with Gasteiger partial charge in [-0.1, -0.05) is 0 Å². The zero-order chi connectivity index (χ0) is 16.1. The molecule has 1 amide bonds. The molecule has 0 saturated carbocycles. The molecule has 0 aliphatic carbocycles. The van der Waals surface area contributed by atoms with Gasteiger partial charge in [0.15, 0.2) is 5.76 Å². The lowest BCUT2D eigenvalue weighted by molar-refractivity contribution is -0.137. The first-order chi connectivity index (χ1) is 10.5. The maximum atomic E-state index is 12.9. The van der Waals surface area contributed by atoms with E-state index in [9.17, 15) is 14.0 Å². The van der Waals surface area contributed by atoms with Gasteiger partial charge in [-0.3, -0.25) is 9.59 Å². The number of furan rings is 1. The van der Waals surface area contributed by atoms with E-state index in [4.69, 9.17) is 9.52 Å². The van der Waals surface area contributed by atoms with E-state index >= 15 is 0 Å². The molecule has 0 spiro atoms. The molecule has 0 fully saturated rings. The van der Waals surface area contributed by atoms with Gasteiger partial charge in [0.25, 0.3) is 5.91 Å². The minimum Gasteiger partial charge on any atom is -0.481 e. The number of rotatable bonds is 6. The number of carboxylic acids is 1. The van der Waals surface area contributed by atoms with Gasteiger partial charge in [-0.2, -0.15) is 0 Å². The van der Waals surface area contributed by atoms with E-state index in [-0.39, 0.29) is 23.9 Å². The molecular formula is C16H16FNO4. The Balaban J connectivity index is 2.02. The summed E-state index contributed by atoms with van der Waals surface area (Å²) in [5.74, 6) is -0.916. The molecule has 0 radical (unpaired) electrons. The molecule has 2 aromatic rings. The van der Waals surface area contributed by atoms with E-state index in [0.717, 1.165) is 0 Å². The zero-order valence-electron chi connectivity index (χ0n) is 12.1. The number of benzene rings is 1. The second-order valence-corrected chi connectivity index (χ2v) is 4.89. The van der Waals surface area contributed by atoms with Crippen molar-refractivity contribution >= 4 is 11.9 Å². The van der Waals surface area contributed by atoms with Gasteiger partial charge < -0.3 is 14.4 Å². The van der Waals surface area contributed by atoms with Crippen LogP contribution in [0.5, 0.6) is 0 Å². The Morgan fingerprint density at radius 3 is 2.50 bits per heavy atom. The van der Waals surface area contributed by atoms with Crippen LogP contribution in [0.25, 0.3) is 11.3 Å². The van der Waals surface area contributed by atoms with Crippen molar-refractivity contribution in [2.75, 3.05) is 13.6 Å². The summed E-state index contributed by atoms with van der Waals surface area (Å²) in [6.07, 6.45) is 0.389. The second-order valence-electron chi connectivity index (χ2n) is 4.89.